The average Bonchev–Trinajstić information content (AvgIpc) is 3.34. The largest absolute Gasteiger partial charge is 0.493 e. The van der Waals surface area contributed by atoms with E-state index in [4.69, 9.17) is 22.8 Å². The molecule has 0 amide bonds. The molecule has 0 saturated heterocycles. The van der Waals surface area contributed by atoms with E-state index in [0.717, 1.165) is 6.07 Å². The molecule has 0 bridgehead atoms. The molecule has 3 N–H and O–H groups in total. The van der Waals surface area contributed by atoms with Gasteiger partial charge in [-0.15, -0.1) is 0 Å². The highest BCUT2D eigenvalue weighted by molar-refractivity contribution is 7.81. The van der Waals surface area contributed by atoms with Crippen LogP contribution in [0.5, 0.6) is 34.5 Å². The second kappa shape index (κ2) is 11.7. The molecule has 21 heteroatoms. The van der Waals surface area contributed by atoms with Gasteiger partial charge in [0.05, 0.1) is 26.8 Å². The summed E-state index contributed by atoms with van der Waals surface area (Å²) in [6.07, 6.45) is 1.43. The van der Waals surface area contributed by atoms with Gasteiger partial charge in [-0.1, -0.05) is 6.07 Å². The van der Waals surface area contributed by atoms with Crippen molar-refractivity contribution >= 4 is 69.4 Å². The van der Waals surface area contributed by atoms with Crippen LogP contribution in [0.2, 0.25) is 0 Å². The van der Waals surface area contributed by atoms with Gasteiger partial charge in [0.25, 0.3) is 0 Å². The summed E-state index contributed by atoms with van der Waals surface area (Å²) in [6, 6.07) is 10.3. The zero-order valence-electron chi connectivity index (χ0n) is 24.9. The van der Waals surface area contributed by atoms with E-state index in [0.29, 0.717) is 10.8 Å². The Hall–Kier alpha value is -5.32. The van der Waals surface area contributed by atoms with Crippen LogP contribution in [0.25, 0.3) is 49.3 Å². The Labute approximate surface area is 275 Å². The van der Waals surface area contributed by atoms with Gasteiger partial charge in [-0.25, -0.2) is 4.79 Å². The van der Waals surface area contributed by atoms with Crippen LogP contribution in [-0.4, -0.2) is 64.6 Å². The molecule has 0 aliphatic carbocycles. The number of benzene rings is 3. The summed E-state index contributed by atoms with van der Waals surface area (Å²) in [4.78, 5) is 13.7. The minimum absolute atomic E-state index is 0.0878. The first-order chi connectivity index (χ1) is 22.9. The van der Waals surface area contributed by atoms with Crippen LogP contribution in [0.4, 0.5) is 0 Å². The van der Waals surface area contributed by atoms with E-state index in [2.05, 4.69) is 8.37 Å². The van der Waals surface area contributed by atoms with Crippen LogP contribution in [0.15, 0.2) is 63.9 Å². The van der Waals surface area contributed by atoms with Crippen molar-refractivity contribution in [2.75, 3.05) is 21.3 Å². The van der Waals surface area contributed by atoms with Crippen molar-refractivity contribution in [1.29, 1.82) is 0 Å². The first-order valence-corrected chi connectivity index (χ1v) is 17.3. The Bertz CT molecular complexity index is 2750. The predicted molar refractivity (Wildman–Crippen MR) is 170 cm³/mol. The molecule has 0 saturated carbocycles. The normalized spacial score (nSPS) is 12.4. The van der Waals surface area contributed by atoms with Crippen LogP contribution in [0.3, 0.4) is 0 Å². The third kappa shape index (κ3) is 6.32. The van der Waals surface area contributed by atoms with Crippen molar-refractivity contribution in [2.45, 2.75) is 0 Å². The molecule has 258 valence electrons. The lowest BCUT2D eigenvalue weighted by Crippen LogP contribution is -2.08. The Balaban J connectivity index is 1.85. The van der Waals surface area contributed by atoms with Gasteiger partial charge in [-0.3, -0.25) is 13.7 Å². The number of hydrogen-bond acceptors (Lipinski definition) is 14. The first-order valence-electron chi connectivity index (χ1n) is 13.2. The number of pyridine rings is 1. The van der Waals surface area contributed by atoms with Crippen LogP contribution in [0, 0.1) is 0 Å². The highest BCUT2D eigenvalue weighted by atomic mass is 32.3. The Morgan fingerprint density at radius 1 is 0.612 bits per heavy atom. The Morgan fingerprint density at radius 2 is 1.14 bits per heavy atom. The highest BCUT2D eigenvalue weighted by Crippen LogP contribution is 2.46. The second-order valence-corrected chi connectivity index (χ2v) is 13.1. The highest BCUT2D eigenvalue weighted by Gasteiger charge is 2.27. The third-order valence-electron chi connectivity index (χ3n) is 7.17. The first kappa shape index (κ1) is 33.6. The van der Waals surface area contributed by atoms with Crippen LogP contribution in [0.1, 0.15) is 0 Å². The van der Waals surface area contributed by atoms with Gasteiger partial charge in [0.15, 0.2) is 34.5 Å². The number of aromatic nitrogens is 1. The summed E-state index contributed by atoms with van der Waals surface area (Å²) in [7, 11) is -11.5. The standard InChI is InChI=1S/C28H21NO17S3/c1-40-17-5-4-14(9-21(17)44-47(31,32)33)24-25-16-11-20(42-3)23(46-49(37,38)39)12-18(16)43-28(30)27(25)29-7-6-13-8-22(45-48(34,35)36)19(41-2)10-15(13)26(24)29/h4-12H,1-3H3,(H,31,32,33)(H,34,35,36)(H,37,38,39). The fraction of sp³-hybridized carbons (Fsp3) is 0.107. The molecule has 18 nitrogen and oxygen atoms in total. The summed E-state index contributed by atoms with van der Waals surface area (Å²) in [5, 5.41) is 0.865. The summed E-state index contributed by atoms with van der Waals surface area (Å²) < 4.78 is 135. The van der Waals surface area contributed by atoms with Crippen molar-refractivity contribution < 1.29 is 70.1 Å². The minimum atomic E-state index is -5.06. The van der Waals surface area contributed by atoms with Gasteiger partial charge in [0.1, 0.15) is 11.1 Å². The maximum Gasteiger partial charge on any atom is 0.446 e. The number of hydrogen-bond donors (Lipinski definition) is 3. The molecule has 6 aromatic rings. The van der Waals surface area contributed by atoms with Gasteiger partial charge in [0.2, 0.25) is 0 Å². The predicted octanol–water partition coefficient (Wildman–Crippen LogP) is 3.59. The van der Waals surface area contributed by atoms with Gasteiger partial charge < -0.3 is 35.6 Å². The fourth-order valence-corrected chi connectivity index (χ4v) is 6.55. The lowest BCUT2D eigenvalue weighted by Gasteiger charge is -2.13. The number of ether oxygens (including phenoxy) is 3. The van der Waals surface area contributed by atoms with Crippen LogP contribution < -0.4 is 32.4 Å². The molecule has 49 heavy (non-hydrogen) atoms. The molecule has 0 fully saturated rings. The van der Waals surface area contributed by atoms with E-state index in [9.17, 15) is 43.7 Å². The molecular formula is C28H21NO17S3. The Kier molecular flexibility index (Phi) is 8.00. The zero-order chi connectivity index (χ0) is 35.6. The van der Waals surface area contributed by atoms with Crippen molar-refractivity contribution in [2.24, 2.45) is 0 Å². The summed E-state index contributed by atoms with van der Waals surface area (Å²) in [5.41, 5.74) is -0.687. The SMILES string of the molecule is COc1ccc(-c2c3c4cc(OC)c(OS(=O)(=O)O)cc4oc(=O)c3n3ccc4cc(OS(=O)(=O)O)c(OC)cc4c23)cc1OS(=O)(=O)O. The molecule has 0 atom stereocenters. The molecule has 3 aromatic carbocycles. The van der Waals surface area contributed by atoms with Crippen molar-refractivity contribution in [3.05, 3.63) is 65.1 Å². The van der Waals surface area contributed by atoms with E-state index in [1.54, 1.807) is 0 Å². The maximum absolute atomic E-state index is 13.7. The average molecular weight is 740 g/mol. The molecule has 6 rings (SSSR count). The quantitative estimate of drug-likeness (QED) is 0.134. The molecule has 0 aliphatic heterocycles. The number of rotatable bonds is 10. The molecular weight excluding hydrogens is 718 g/mol. The summed E-state index contributed by atoms with van der Waals surface area (Å²) in [6.45, 7) is 0. The molecule has 0 spiro atoms. The van der Waals surface area contributed by atoms with Crippen LogP contribution >= 0.6 is 0 Å². The summed E-state index contributed by atoms with van der Waals surface area (Å²) >= 11 is 0. The van der Waals surface area contributed by atoms with E-state index in [-0.39, 0.29) is 61.5 Å². The Morgan fingerprint density at radius 3 is 1.69 bits per heavy atom. The van der Waals surface area contributed by atoms with E-state index < -0.39 is 48.3 Å². The minimum Gasteiger partial charge on any atom is -0.493 e. The van der Waals surface area contributed by atoms with Crippen molar-refractivity contribution in [3.63, 3.8) is 0 Å². The van der Waals surface area contributed by atoms with Gasteiger partial charge >= 0.3 is 36.8 Å². The lowest BCUT2D eigenvalue weighted by molar-refractivity contribution is 0.359. The zero-order valence-corrected chi connectivity index (χ0v) is 27.4. The van der Waals surface area contributed by atoms with E-state index >= 15 is 0 Å². The van der Waals surface area contributed by atoms with Crippen LogP contribution in [-0.2, 0) is 31.2 Å². The monoisotopic (exact) mass is 739 g/mol. The maximum atomic E-state index is 13.7. The van der Waals surface area contributed by atoms with E-state index in [1.807, 2.05) is 0 Å². The summed E-state index contributed by atoms with van der Waals surface area (Å²) in [5.74, 6) is -1.85. The number of nitrogens with zero attached hydrogens (tertiary/aromatic N) is 1. The van der Waals surface area contributed by atoms with E-state index in [1.165, 1.54) is 74.4 Å². The molecule has 0 aliphatic rings. The number of methoxy groups -OCH3 is 3. The molecule has 3 heterocycles. The molecule has 0 radical (unpaired) electrons. The lowest BCUT2D eigenvalue weighted by atomic mass is 9.98. The van der Waals surface area contributed by atoms with Gasteiger partial charge in [-0.2, -0.15) is 25.3 Å². The van der Waals surface area contributed by atoms with Gasteiger partial charge in [0, 0.05) is 34.0 Å². The van der Waals surface area contributed by atoms with Gasteiger partial charge in [-0.05, 0) is 47.3 Å². The topological polar surface area (TPSA) is 253 Å². The van der Waals surface area contributed by atoms with Crippen molar-refractivity contribution in [1.82, 2.24) is 4.40 Å². The smallest absolute Gasteiger partial charge is 0.446 e. The molecule has 0 unspecified atom stereocenters. The number of fused-ring (bicyclic) bond motifs is 7. The fourth-order valence-electron chi connectivity index (χ4n) is 5.48. The second-order valence-electron chi connectivity index (χ2n) is 10.0. The third-order valence-corrected chi connectivity index (χ3v) is 8.34. The molecule has 3 aromatic heterocycles. The van der Waals surface area contributed by atoms with Crippen molar-refractivity contribution in [3.8, 4) is 45.6 Å².